The maximum absolute atomic E-state index is 13.6. The van der Waals surface area contributed by atoms with Gasteiger partial charge in [0.1, 0.15) is 11.6 Å². The minimum atomic E-state index is -0.308. The zero-order valence-electron chi connectivity index (χ0n) is 18.8. The van der Waals surface area contributed by atoms with E-state index in [2.05, 4.69) is 5.32 Å². The minimum Gasteiger partial charge on any atom is -0.484 e. The number of ether oxygens (including phenoxy) is 1. The number of hydrogen-bond acceptors (Lipinski definition) is 3. The number of nitrogens with one attached hydrogen (secondary N) is 1. The van der Waals surface area contributed by atoms with Crippen molar-refractivity contribution in [2.75, 3.05) is 19.7 Å². The first kappa shape index (κ1) is 22.3. The monoisotopic (exact) mass is 438 g/mol. The van der Waals surface area contributed by atoms with Crippen LogP contribution in [0.3, 0.4) is 0 Å². The van der Waals surface area contributed by atoms with E-state index in [0.29, 0.717) is 31.2 Å². The Labute approximate surface area is 188 Å². The van der Waals surface area contributed by atoms with Crippen LogP contribution >= 0.6 is 0 Å². The Kier molecular flexibility index (Phi) is 6.77. The molecule has 0 spiro atoms. The average Bonchev–Trinajstić information content (AvgIpc) is 3.60. The van der Waals surface area contributed by atoms with Crippen LogP contribution < -0.4 is 10.1 Å². The SMILES string of the molecule is CC(C)CC(=O)N1CCc2ccc(OCC(=O)NCC3CC3)cc2C1c1ccc(F)cc1. The molecule has 1 aliphatic carbocycles. The molecule has 2 aromatic rings. The molecule has 1 heterocycles. The summed E-state index contributed by atoms with van der Waals surface area (Å²) >= 11 is 0. The van der Waals surface area contributed by atoms with E-state index in [4.69, 9.17) is 4.74 Å². The number of rotatable bonds is 8. The molecule has 0 aromatic heterocycles. The van der Waals surface area contributed by atoms with E-state index >= 15 is 0 Å². The Morgan fingerprint density at radius 3 is 2.59 bits per heavy atom. The van der Waals surface area contributed by atoms with Crippen molar-refractivity contribution in [1.82, 2.24) is 10.2 Å². The molecule has 5 nitrogen and oxygen atoms in total. The van der Waals surface area contributed by atoms with Gasteiger partial charge in [-0.3, -0.25) is 9.59 Å². The standard InChI is InChI=1S/C26H31FN2O3/c1-17(2)13-25(31)29-12-11-19-7-10-22(32-16-24(30)28-15-18-3-4-18)14-23(19)26(29)20-5-8-21(27)9-6-20/h5-10,14,17-18,26H,3-4,11-13,15-16H2,1-2H3,(H,28,30). The Balaban J connectivity index is 1.57. The number of amides is 2. The summed E-state index contributed by atoms with van der Waals surface area (Å²) in [5.74, 6) is 1.12. The number of halogens is 1. The summed E-state index contributed by atoms with van der Waals surface area (Å²) < 4.78 is 19.4. The number of benzene rings is 2. The van der Waals surface area contributed by atoms with E-state index in [0.717, 1.165) is 23.1 Å². The molecule has 0 saturated heterocycles. The Bertz CT molecular complexity index is 970. The van der Waals surface area contributed by atoms with Gasteiger partial charge in [-0.05, 0) is 72.1 Å². The van der Waals surface area contributed by atoms with Crippen LogP contribution in [0.2, 0.25) is 0 Å². The molecular weight excluding hydrogens is 407 g/mol. The first-order valence-electron chi connectivity index (χ1n) is 11.5. The van der Waals surface area contributed by atoms with Gasteiger partial charge in [0, 0.05) is 19.5 Å². The van der Waals surface area contributed by atoms with Gasteiger partial charge in [-0.25, -0.2) is 4.39 Å². The highest BCUT2D eigenvalue weighted by molar-refractivity contribution is 5.78. The highest BCUT2D eigenvalue weighted by Gasteiger charge is 2.32. The summed E-state index contributed by atoms with van der Waals surface area (Å²) in [4.78, 5) is 27.0. The molecule has 1 atom stereocenters. The van der Waals surface area contributed by atoms with E-state index in [1.54, 1.807) is 12.1 Å². The van der Waals surface area contributed by atoms with Crippen LogP contribution in [0, 0.1) is 17.7 Å². The van der Waals surface area contributed by atoms with E-state index in [-0.39, 0.29) is 36.2 Å². The third kappa shape index (κ3) is 5.47. The van der Waals surface area contributed by atoms with Gasteiger partial charge < -0.3 is 15.0 Å². The second kappa shape index (κ2) is 9.72. The fourth-order valence-electron chi connectivity index (χ4n) is 4.20. The Morgan fingerprint density at radius 2 is 1.91 bits per heavy atom. The molecule has 0 bridgehead atoms. The summed E-state index contributed by atoms with van der Waals surface area (Å²) in [7, 11) is 0. The van der Waals surface area contributed by atoms with Crippen molar-refractivity contribution in [2.45, 2.75) is 45.6 Å². The van der Waals surface area contributed by atoms with Crippen molar-refractivity contribution in [3.05, 3.63) is 65.0 Å². The van der Waals surface area contributed by atoms with E-state index < -0.39 is 0 Å². The zero-order chi connectivity index (χ0) is 22.7. The Hall–Kier alpha value is -2.89. The molecule has 2 aromatic carbocycles. The summed E-state index contributed by atoms with van der Waals surface area (Å²) in [6.07, 6.45) is 3.58. The van der Waals surface area contributed by atoms with Gasteiger partial charge in [0.15, 0.2) is 6.61 Å². The van der Waals surface area contributed by atoms with Crippen molar-refractivity contribution in [2.24, 2.45) is 11.8 Å². The third-order valence-electron chi connectivity index (χ3n) is 6.09. The number of fused-ring (bicyclic) bond motifs is 1. The van der Waals surface area contributed by atoms with Crippen molar-refractivity contribution in [3.8, 4) is 5.75 Å². The molecule has 2 amide bonds. The average molecular weight is 439 g/mol. The summed E-state index contributed by atoms with van der Waals surface area (Å²) in [6, 6.07) is 11.8. The number of hydrogen-bond donors (Lipinski definition) is 1. The largest absolute Gasteiger partial charge is 0.484 e. The van der Waals surface area contributed by atoms with Gasteiger partial charge in [0.25, 0.3) is 5.91 Å². The van der Waals surface area contributed by atoms with Gasteiger partial charge in [-0.2, -0.15) is 0 Å². The molecular formula is C26H31FN2O3. The van der Waals surface area contributed by atoms with Crippen LogP contribution in [0.15, 0.2) is 42.5 Å². The minimum absolute atomic E-state index is 0.0390. The van der Waals surface area contributed by atoms with Gasteiger partial charge in [-0.15, -0.1) is 0 Å². The topological polar surface area (TPSA) is 58.6 Å². The second-order valence-electron chi connectivity index (χ2n) is 9.29. The molecule has 0 radical (unpaired) electrons. The van der Waals surface area contributed by atoms with E-state index in [1.165, 1.54) is 25.0 Å². The van der Waals surface area contributed by atoms with Crippen LogP contribution in [0.1, 0.15) is 55.8 Å². The highest BCUT2D eigenvalue weighted by Crippen LogP contribution is 2.38. The lowest BCUT2D eigenvalue weighted by Gasteiger charge is -2.38. The molecule has 1 N–H and O–H groups in total. The molecule has 6 heteroatoms. The number of carbonyl (C=O) groups excluding carboxylic acids is 2. The summed E-state index contributed by atoms with van der Waals surface area (Å²) in [5, 5.41) is 2.90. The second-order valence-corrected chi connectivity index (χ2v) is 9.29. The lowest BCUT2D eigenvalue weighted by Crippen LogP contribution is -2.41. The highest BCUT2D eigenvalue weighted by atomic mass is 19.1. The van der Waals surface area contributed by atoms with Crippen molar-refractivity contribution < 1.29 is 18.7 Å². The van der Waals surface area contributed by atoms with Crippen LogP contribution in [-0.4, -0.2) is 36.4 Å². The summed E-state index contributed by atoms with van der Waals surface area (Å²) in [6.45, 7) is 5.35. The predicted octanol–water partition coefficient (Wildman–Crippen LogP) is 4.25. The first-order valence-corrected chi connectivity index (χ1v) is 11.5. The van der Waals surface area contributed by atoms with E-state index in [1.807, 2.05) is 36.9 Å². The van der Waals surface area contributed by atoms with Gasteiger partial charge in [0.05, 0.1) is 6.04 Å². The van der Waals surface area contributed by atoms with Gasteiger partial charge >= 0.3 is 0 Å². The molecule has 1 saturated carbocycles. The third-order valence-corrected chi connectivity index (χ3v) is 6.09. The zero-order valence-corrected chi connectivity index (χ0v) is 18.8. The molecule has 170 valence electrons. The lowest BCUT2D eigenvalue weighted by atomic mass is 9.87. The smallest absolute Gasteiger partial charge is 0.257 e. The van der Waals surface area contributed by atoms with Crippen LogP contribution in [0.25, 0.3) is 0 Å². The van der Waals surface area contributed by atoms with Crippen LogP contribution in [0.5, 0.6) is 5.75 Å². The number of nitrogens with zero attached hydrogens (tertiary/aromatic N) is 1. The number of carbonyl (C=O) groups is 2. The van der Waals surface area contributed by atoms with Crippen LogP contribution in [0.4, 0.5) is 4.39 Å². The Morgan fingerprint density at radius 1 is 1.16 bits per heavy atom. The van der Waals surface area contributed by atoms with Gasteiger partial charge in [-0.1, -0.05) is 32.0 Å². The van der Waals surface area contributed by atoms with E-state index in [9.17, 15) is 14.0 Å². The maximum Gasteiger partial charge on any atom is 0.257 e. The van der Waals surface area contributed by atoms with Crippen LogP contribution in [-0.2, 0) is 16.0 Å². The molecule has 32 heavy (non-hydrogen) atoms. The quantitative estimate of drug-likeness (QED) is 0.670. The fourth-order valence-corrected chi connectivity index (χ4v) is 4.20. The lowest BCUT2D eigenvalue weighted by molar-refractivity contribution is -0.134. The maximum atomic E-state index is 13.6. The van der Waals surface area contributed by atoms with Gasteiger partial charge in [0.2, 0.25) is 5.91 Å². The first-order chi connectivity index (χ1) is 15.4. The fraction of sp³-hybridized carbons (Fsp3) is 0.462. The molecule has 2 aliphatic rings. The normalized spacial score (nSPS) is 17.8. The molecule has 1 fully saturated rings. The molecule has 1 unspecified atom stereocenters. The van der Waals surface area contributed by atoms with Crippen molar-refractivity contribution in [1.29, 1.82) is 0 Å². The van der Waals surface area contributed by atoms with Crippen molar-refractivity contribution >= 4 is 11.8 Å². The summed E-state index contributed by atoms with van der Waals surface area (Å²) in [5.41, 5.74) is 2.97. The molecule has 1 aliphatic heterocycles. The van der Waals surface area contributed by atoms with Crippen molar-refractivity contribution in [3.63, 3.8) is 0 Å². The predicted molar refractivity (Wildman–Crippen MR) is 121 cm³/mol. The molecule has 4 rings (SSSR count).